The van der Waals surface area contributed by atoms with Crippen molar-refractivity contribution in [3.05, 3.63) is 0 Å². The van der Waals surface area contributed by atoms with Gasteiger partial charge in [-0.3, -0.25) is 0 Å². The van der Waals surface area contributed by atoms with Crippen LogP contribution in [0.15, 0.2) is 0 Å². The van der Waals surface area contributed by atoms with Crippen LogP contribution in [0.3, 0.4) is 0 Å². The highest BCUT2D eigenvalue weighted by Crippen LogP contribution is 2.43. The lowest BCUT2D eigenvalue weighted by molar-refractivity contribution is 0.0172. The summed E-state index contributed by atoms with van der Waals surface area (Å²) >= 11 is 0. The molecule has 2 aliphatic rings. The fraction of sp³-hybridized carbons (Fsp3) is 0.938. The van der Waals surface area contributed by atoms with E-state index in [1.807, 2.05) is 20.8 Å². The summed E-state index contributed by atoms with van der Waals surface area (Å²) in [6.45, 7) is 10.3. The fourth-order valence-electron chi connectivity index (χ4n) is 3.55. The van der Waals surface area contributed by atoms with Crippen molar-refractivity contribution in [3.8, 4) is 0 Å². The maximum atomic E-state index is 12.1. The molecule has 1 saturated heterocycles. The van der Waals surface area contributed by atoms with Gasteiger partial charge in [0.15, 0.2) is 0 Å². The zero-order chi connectivity index (χ0) is 14.8. The molecule has 20 heavy (non-hydrogen) atoms. The van der Waals surface area contributed by atoms with Crippen molar-refractivity contribution in [2.24, 2.45) is 11.8 Å². The van der Waals surface area contributed by atoms with E-state index in [1.165, 1.54) is 19.3 Å². The Bertz CT molecular complexity index is 339. The second-order valence-corrected chi connectivity index (χ2v) is 7.51. The molecule has 1 aliphatic heterocycles. The Balaban J connectivity index is 1.96. The zero-order valence-electron chi connectivity index (χ0n) is 13.4. The summed E-state index contributed by atoms with van der Waals surface area (Å²) in [5.41, 5.74) is -0.447. The fourth-order valence-corrected chi connectivity index (χ4v) is 3.55. The lowest BCUT2D eigenvalue weighted by Gasteiger charge is -2.50. The van der Waals surface area contributed by atoms with Crippen LogP contribution in [0.1, 0.15) is 59.8 Å². The first-order valence-corrected chi connectivity index (χ1v) is 8.04. The number of rotatable bonds is 3. The molecule has 1 amide bonds. The Morgan fingerprint density at radius 1 is 1.30 bits per heavy atom. The average molecular weight is 282 g/mol. The molecule has 0 bridgehead atoms. The number of ether oxygens (including phenoxy) is 1. The van der Waals surface area contributed by atoms with Gasteiger partial charge in [-0.1, -0.05) is 6.92 Å². The van der Waals surface area contributed by atoms with Crippen LogP contribution in [0, 0.1) is 11.8 Å². The highest BCUT2D eigenvalue weighted by atomic mass is 16.6. The molecule has 1 aliphatic carbocycles. The van der Waals surface area contributed by atoms with Gasteiger partial charge in [0.05, 0.1) is 0 Å². The summed E-state index contributed by atoms with van der Waals surface area (Å²) in [5.74, 6) is 1.25. The lowest BCUT2D eigenvalue weighted by atomic mass is 9.63. The van der Waals surface area contributed by atoms with E-state index in [2.05, 4.69) is 17.6 Å². The quantitative estimate of drug-likeness (QED) is 0.836. The van der Waals surface area contributed by atoms with Crippen LogP contribution in [0.25, 0.3) is 0 Å². The number of alkyl carbamates (subject to hydrolysis) is 1. The zero-order valence-corrected chi connectivity index (χ0v) is 13.4. The summed E-state index contributed by atoms with van der Waals surface area (Å²) in [4.78, 5) is 12.1. The largest absolute Gasteiger partial charge is 0.444 e. The number of carbonyl (C=O) groups is 1. The summed E-state index contributed by atoms with van der Waals surface area (Å²) in [6.07, 6.45) is 5.59. The average Bonchev–Trinajstić information content (AvgIpc) is 2.32. The van der Waals surface area contributed by atoms with E-state index in [4.69, 9.17) is 4.74 Å². The smallest absolute Gasteiger partial charge is 0.408 e. The molecule has 0 radical (unpaired) electrons. The third-order valence-corrected chi connectivity index (χ3v) is 4.96. The van der Waals surface area contributed by atoms with Crippen LogP contribution in [-0.2, 0) is 4.74 Å². The molecule has 1 atom stereocenters. The molecule has 0 spiro atoms. The second kappa shape index (κ2) is 5.92. The first-order valence-electron chi connectivity index (χ1n) is 8.04. The van der Waals surface area contributed by atoms with Crippen molar-refractivity contribution in [1.29, 1.82) is 0 Å². The Labute approximate surface area is 123 Å². The van der Waals surface area contributed by atoms with E-state index in [-0.39, 0.29) is 11.6 Å². The summed E-state index contributed by atoms with van der Waals surface area (Å²) in [5, 5.41) is 6.62. The maximum absolute atomic E-state index is 12.1. The topological polar surface area (TPSA) is 50.4 Å². The molecule has 0 aromatic heterocycles. The van der Waals surface area contributed by atoms with Gasteiger partial charge in [0.25, 0.3) is 0 Å². The van der Waals surface area contributed by atoms with Gasteiger partial charge in [-0.25, -0.2) is 4.79 Å². The van der Waals surface area contributed by atoms with Gasteiger partial charge in [0, 0.05) is 5.54 Å². The van der Waals surface area contributed by atoms with Crippen molar-refractivity contribution in [2.75, 3.05) is 13.1 Å². The molecular formula is C16H30N2O2. The van der Waals surface area contributed by atoms with Gasteiger partial charge >= 0.3 is 6.09 Å². The molecule has 2 fully saturated rings. The standard InChI is InChI=1S/C16H30N2O2/c1-12(13-6-10-17-11-7-13)16(8-5-9-16)18-14(19)20-15(2,3)4/h12-13,17H,5-11H2,1-4H3,(H,18,19). The third kappa shape index (κ3) is 3.66. The van der Waals surface area contributed by atoms with Gasteiger partial charge in [-0.15, -0.1) is 0 Å². The minimum absolute atomic E-state index is 0.0235. The Morgan fingerprint density at radius 3 is 2.35 bits per heavy atom. The minimum atomic E-state index is -0.424. The number of amides is 1. The molecule has 4 nitrogen and oxygen atoms in total. The van der Waals surface area contributed by atoms with Crippen LogP contribution >= 0.6 is 0 Å². The van der Waals surface area contributed by atoms with Crippen LogP contribution in [0.5, 0.6) is 0 Å². The highest BCUT2D eigenvalue weighted by Gasteiger charge is 2.46. The number of nitrogens with one attached hydrogen (secondary N) is 2. The molecule has 1 unspecified atom stereocenters. The molecule has 0 aromatic carbocycles. The first-order chi connectivity index (χ1) is 9.32. The molecule has 116 valence electrons. The minimum Gasteiger partial charge on any atom is -0.444 e. The SMILES string of the molecule is CC(C1CCNCC1)C1(NC(=O)OC(C)(C)C)CCC1. The number of carbonyl (C=O) groups excluding carboxylic acids is 1. The molecular weight excluding hydrogens is 252 g/mol. The van der Waals surface area contributed by atoms with Crippen molar-refractivity contribution in [2.45, 2.75) is 70.9 Å². The van der Waals surface area contributed by atoms with Crippen molar-refractivity contribution < 1.29 is 9.53 Å². The molecule has 2 rings (SSSR count). The Hall–Kier alpha value is -0.770. The Kier molecular flexibility index (Phi) is 4.62. The molecule has 1 saturated carbocycles. The van der Waals surface area contributed by atoms with E-state index in [0.717, 1.165) is 25.9 Å². The molecule has 4 heteroatoms. The van der Waals surface area contributed by atoms with Gasteiger partial charge in [-0.2, -0.15) is 0 Å². The predicted octanol–water partition coefficient (Wildman–Crippen LogP) is 3.07. The Morgan fingerprint density at radius 2 is 1.90 bits per heavy atom. The normalized spacial score (nSPS) is 24.6. The number of piperidine rings is 1. The third-order valence-electron chi connectivity index (χ3n) is 4.96. The molecule has 2 N–H and O–H groups in total. The maximum Gasteiger partial charge on any atom is 0.408 e. The summed E-state index contributed by atoms with van der Waals surface area (Å²) < 4.78 is 5.44. The number of hydrogen-bond acceptors (Lipinski definition) is 3. The molecule has 1 heterocycles. The van der Waals surface area contributed by atoms with E-state index in [9.17, 15) is 4.79 Å². The summed E-state index contributed by atoms with van der Waals surface area (Å²) in [7, 11) is 0. The van der Waals surface area contributed by atoms with E-state index in [0.29, 0.717) is 11.8 Å². The summed E-state index contributed by atoms with van der Waals surface area (Å²) in [6, 6.07) is 0. The van der Waals surface area contributed by atoms with Crippen molar-refractivity contribution in [3.63, 3.8) is 0 Å². The molecule has 0 aromatic rings. The van der Waals surface area contributed by atoms with E-state index in [1.54, 1.807) is 0 Å². The first kappa shape index (κ1) is 15.6. The van der Waals surface area contributed by atoms with Gasteiger partial charge in [0.2, 0.25) is 0 Å². The van der Waals surface area contributed by atoms with Crippen LogP contribution < -0.4 is 10.6 Å². The highest BCUT2D eigenvalue weighted by molar-refractivity contribution is 5.69. The van der Waals surface area contributed by atoms with Gasteiger partial charge < -0.3 is 15.4 Å². The predicted molar refractivity (Wildman–Crippen MR) is 80.7 cm³/mol. The second-order valence-electron chi connectivity index (χ2n) is 7.51. The van der Waals surface area contributed by atoms with Crippen LogP contribution in [0.4, 0.5) is 4.79 Å². The monoisotopic (exact) mass is 282 g/mol. The van der Waals surface area contributed by atoms with Crippen molar-refractivity contribution >= 4 is 6.09 Å². The van der Waals surface area contributed by atoms with Crippen LogP contribution in [0.2, 0.25) is 0 Å². The van der Waals surface area contributed by atoms with E-state index < -0.39 is 5.60 Å². The van der Waals surface area contributed by atoms with Crippen LogP contribution in [-0.4, -0.2) is 30.3 Å². The van der Waals surface area contributed by atoms with Crippen molar-refractivity contribution in [1.82, 2.24) is 10.6 Å². The van der Waals surface area contributed by atoms with Gasteiger partial charge in [0.1, 0.15) is 5.60 Å². The number of hydrogen-bond donors (Lipinski definition) is 2. The van der Waals surface area contributed by atoms with Gasteiger partial charge in [-0.05, 0) is 77.8 Å². The van der Waals surface area contributed by atoms with E-state index >= 15 is 0 Å². The lowest BCUT2D eigenvalue weighted by Crippen LogP contribution is -2.60.